The molecule has 0 spiro atoms. The Morgan fingerprint density at radius 3 is 2.52 bits per heavy atom. The lowest BCUT2D eigenvalue weighted by Crippen LogP contribution is -2.40. The van der Waals surface area contributed by atoms with E-state index in [-0.39, 0.29) is 22.8 Å². The maximum Gasteiger partial charge on any atom is 0.267 e. The van der Waals surface area contributed by atoms with Crippen LogP contribution in [0.25, 0.3) is 6.08 Å². The van der Waals surface area contributed by atoms with E-state index < -0.39 is 28.4 Å². The summed E-state index contributed by atoms with van der Waals surface area (Å²) in [5.41, 5.74) is 0.369. The van der Waals surface area contributed by atoms with Gasteiger partial charge in [-0.05, 0) is 48.5 Å². The topological polar surface area (TPSA) is 113 Å². The minimum Gasteiger partial charge on any atom is -0.508 e. The molecule has 0 bridgehead atoms. The lowest BCUT2D eigenvalue weighted by Gasteiger charge is -2.20. The van der Waals surface area contributed by atoms with Crippen LogP contribution >= 0.6 is 11.6 Å². The smallest absolute Gasteiger partial charge is 0.267 e. The van der Waals surface area contributed by atoms with Gasteiger partial charge in [0.15, 0.2) is 0 Å². The Kier molecular flexibility index (Phi) is 5.81. The van der Waals surface area contributed by atoms with Crippen LogP contribution in [0.3, 0.4) is 0 Å². The number of nitrogens with one attached hydrogen (secondary N) is 1. The van der Waals surface area contributed by atoms with Crippen molar-refractivity contribution < 1.29 is 27.9 Å². The number of hydrogen-bond acceptors (Lipinski definition) is 6. The second-order valence-electron chi connectivity index (χ2n) is 6.14. The number of sulfonamides is 1. The van der Waals surface area contributed by atoms with Gasteiger partial charge in [0, 0.05) is 22.7 Å². The Morgan fingerprint density at radius 1 is 1.17 bits per heavy atom. The van der Waals surface area contributed by atoms with Gasteiger partial charge in [0.1, 0.15) is 18.0 Å². The zero-order valence-corrected chi connectivity index (χ0v) is 16.8. The number of hydrogen-bond donors (Lipinski definition) is 2. The normalized spacial score (nSPS) is 16.5. The largest absolute Gasteiger partial charge is 0.508 e. The molecule has 0 aliphatic carbocycles. The number of amides is 2. The number of carbonyl (C=O) groups is 2. The van der Waals surface area contributed by atoms with E-state index in [0.717, 1.165) is 0 Å². The summed E-state index contributed by atoms with van der Waals surface area (Å²) in [7, 11) is -2.87. The quantitative estimate of drug-likeness (QED) is 0.706. The van der Waals surface area contributed by atoms with Crippen LogP contribution in [-0.2, 0) is 19.6 Å². The number of ether oxygens (including phenoxy) is 1. The summed E-state index contributed by atoms with van der Waals surface area (Å²) in [6.45, 7) is -0.832. The van der Waals surface area contributed by atoms with Crippen molar-refractivity contribution in [2.24, 2.45) is 0 Å². The molecule has 0 atom stereocenters. The molecular weight excluding hydrogens is 420 g/mol. The maximum absolute atomic E-state index is 13.0. The molecule has 2 aromatic rings. The summed E-state index contributed by atoms with van der Waals surface area (Å²) < 4.78 is 31.7. The van der Waals surface area contributed by atoms with Gasteiger partial charge in [0.25, 0.3) is 15.9 Å². The van der Waals surface area contributed by atoms with Crippen molar-refractivity contribution in [3.05, 3.63) is 58.6 Å². The number of nitrogens with zero attached hydrogens (tertiary/aromatic N) is 1. The number of phenolic OH excluding ortho intramolecular Hbond substituents is 1. The third kappa shape index (κ3) is 4.36. The first-order valence-corrected chi connectivity index (χ1v) is 10.2. The summed E-state index contributed by atoms with van der Waals surface area (Å²) in [5.74, 6) is -1.18. The zero-order valence-electron chi connectivity index (χ0n) is 15.3. The lowest BCUT2D eigenvalue weighted by molar-refractivity contribution is -0.127. The fourth-order valence-corrected chi connectivity index (χ4v) is 4.23. The molecule has 1 fully saturated rings. The average molecular weight is 437 g/mol. The summed E-state index contributed by atoms with van der Waals surface area (Å²) in [4.78, 5) is 24.9. The number of phenols is 1. The monoisotopic (exact) mass is 436 g/mol. The van der Waals surface area contributed by atoms with Crippen molar-refractivity contribution in [3.63, 3.8) is 0 Å². The minimum atomic E-state index is -4.29. The molecule has 2 aromatic carbocycles. The summed E-state index contributed by atoms with van der Waals surface area (Å²) >= 11 is 5.80. The predicted octanol–water partition coefficient (Wildman–Crippen LogP) is 1.78. The number of rotatable bonds is 4. The molecule has 0 saturated carbocycles. The van der Waals surface area contributed by atoms with E-state index in [1.807, 2.05) is 0 Å². The Bertz CT molecular complexity index is 1100. The molecule has 8 nitrogen and oxygen atoms in total. The first kappa shape index (κ1) is 20.7. The number of methoxy groups -OCH3 is 1. The van der Waals surface area contributed by atoms with E-state index in [0.29, 0.717) is 20.6 Å². The molecule has 10 heteroatoms. The standard InChI is InChI=1S/C19H17ClN2O6S/c1-28-17-7-4-15(23)9-12(17)8-13-10-21-18(24)11-22(19(13)25)29(26,27)16-5-2-14(20)3-6-16/h2-9,23H,10-11H2,1H3,(H,21,24)/b13-8+. The number of benzene rings is 2. The third-order valence-corrected chi connectivity index (χ3v) is 6.20. The van der Waals surface area contributed by atoms with Gasteiger partial charge in [0.05, 0.1) is 12.0 Å². The van der Waals surface area contributed by atoms with Gasteiger partial charge in [-0.1, -0.05) is 11.6 Å². The molecule has 0 unspecified atom stereocenters. The fraction of sp³-hybridized carbons (Fsp3) is 0.158. The van der Waals surface area contributed by atoms with Crippen LogP contribution < -0.4 is 10.1 Å². The van der Waals surface area contributed by atoms with Crippen LogP contribution in [0.15, 0.2) is 52.9 Å². The van der Waals surface area contributed by atoms with Gasteiger partial charge in [-0.15, -0.1) is 0 Å². The molecule has 152 valence electrons. The van der Waals surface area contributed by atoms with Crippen molar-refractivity contribution >= 4 is 39.5 Å². The molecule has 2 N–H and O–H groups in total. The molecule has 1 saturated heterocycles. The summed E-state index contributed by atoms with van der Waals surface area (Å²) in [6.07, 6.45) is 1.37. The van der Waals surface area contributed by atoms with E-state index in [1.54, 1.807) is 0 Å². The van der Waals surface area contributed by atoms with Gasteiger partial charge in [-0.25, -0.2) is 12.7 Å². The van der Waals surface area contributed by atoms with E-state index in [9.17, 15) is 23.1 Å². The molecule has 3 rings (SSSR count). The van der Waals surface area contributed by atoms with Crippen LogP contribution in [0.2, 0.25) is 5.02 Å². The zero-order chi connectivity index (χ0) is 21.2. The van der Waals surface area contributed by atoms with Crippen molar-refractivity contribution in [2.45, 2.75) is 4.90 Å². The van der Waals surface area contributed by atoms with E-state index in [1.165, 1.54) is 55.7 Å². The maximum atomic E-state index is 13.0. The first-order valence-electron chi connectivity index (χ1n) is 8.39. The van der Waals surface area contributed by atoms with Gasteiger partial charge < -0.3 is 15.2 Å². The Hall–Kier alpha value is -3.04. The van der Waals surface area contributed by atoms with E-state index in [4.69, 9.17) is 16.3 Å². The van der Waals surface area contributed by atoms with Gasteiger partial charge in [-0.3, -0.25) is 9.59 Å². The lowest BCUT2D eigenvalue weighted by atomic mass is 10.1. The number of halogens is 1. The highest BCUT2D eigenvalue weighted by Gasteiger charge is 2.35. The van der Waals surface area contributed by atoms with Crippen LogP contribution in [-0.4, -0.2) is 49.8 Å². The minimum absolute atomic E-state index is 0.0114. The highest BCUT2D eigenvalue weighted by molar-refractivity contribution is 7.89. The van der Waals surface area contributed by atoms with Gasteiger partial charge >= 0.3 is 0 Å². The van der Waals surface area contributed by atoms with E-state index >= 15 is 0 Å². The van der Waals surface area contributed by atoms with Gasteiger partial charge in [0.2, 0.25) is 5.91 Å². The van der Waals surface area contributed by atoms with E-state index in [2.05, 4.69) is 5.32 Å². The second-order valence-corrected chi connectivity index (χ2v) is 8.44. The molecule has 1 aliphatic rings. The summed E-state index contributed by atoms with van der Waals surface area (Å²) in [5, 5.41) is 12.6. The van der Waals surface area contributed by atoms with Crippen LogP contribution in [0.1, 0.15) is 5.56 Å². The molecule has 29 heavy (non-hydrogen) atoms. The van der Waals surface area contributed by atoms with Crippen molar-refractivity contribution in [1.82, 2.24) is 9.62 Å². The second kappa shape index (κ2) is 8.14. The van der Waals surface area contributed by atoms with Gasteiger partial charge in [-0.2, -0.15) is 0 Å². The van der Waals surface area contributed by atoms with Crippen LogP contribution in [0.5, 0.6) is 11.5 Å². The molecule has 2 amide bonds. The van der Waals surface area contributed by atoms with Crippen LogP contribution in [0, 0.1) is 0 Å². The van der Waals surface area contributed by atoms with Crippen LogP contribution in [0.4, 0.5) is 0 Å². The summed E-state index contributed by atoms with van der Waals surface area (Å²) in [6, 6.07) is 9.56. The SMILES string of the molecule is COc1ccc(O)cc1/C=C1\CNC(=O)CN(S(=O)(=O)c2ccc(Cl)cc2)C1=O. The molecule has 0 aromatic heterocycles. The Balaban J connectivity index is 2.06. The highest BCUT2D eigenvalue weighted by atomic mass is 35.5. The number of carbonyl (C=O) groups excluding carboxylic acids is 2. The van der Waals surface area contributed by atoms with Crippen molar-refractivity contribution in [3.8, 4) is 11.5 Å². The number of aromatic hydroxyl groups is 1. The van der Waals surface area contributed by atoms with Crippen molar-refractivity contribution in [1.29, 1.82) is 0 Å². The predicted molar refractivity (Wildman–Crippen MR) is 106 cm³/mol. The third-order valence-electron chi connectivity index (χ3n) is 4.21. The highest BCUT2D eigenvalue weighted by Crippen LogP contribution is 2.27. The molecule has 0 radical (unpaired) electrons. The molecule has 1 heterocycles. The Morgan fingerprint density at radius 2 is 1.86 bits per heavy atom. The average Bonchev–Trinajstić information content (AvgIpc) is 2.82. The Labute approximate surface area is 172 Å². The molecular formula is C19H17ClN2O6S. The van der Waals surface area contributed by atoms with Crippen molar-refractivity contribution in [2.75, 3.05) is 20.2 Å². The fourth-order valence-electron chi connectivity index (χ4n) is 2.75. The molecule has 1 aliphatic heterocycles. The first-order chi connectivity index (χ1) is 13.7.